The van der Waals surface area contributed by atoms with Gasteiger partial charge in [0.1, 0.15) is 5.75 Å². The van der Waals surface area contributed by atoms with Gasteiger partial charge in [0.25, 0.3) is 5.91 Å². The van der Waals surface area contributed by atoms with E-state index in [1.54, 1.807) is 0 Å². The van der Waals surface area contributed by atoms with Crippen molar-refractivity contribution in [1.29, 1.82) is 0 Å². The maximum atomic E-state index is 10.5. The first-order valence-electron chi connectivity index (χ1n) is 5.93. The van der Waals surface area contributed by atoms with Crippen molar-refractivity contribution in [2.75, 3.05) is 13.2 Å². The van der Waals surface area contributed by atoms with Crippen LogP contribution in [0.25, 0.3) is 0 Å². The summed E-state index contributed by atoms with van der Waals surface area (Å²) in [5.41, 5.74) is 6.19. The third-order valence-corrected chi connectivity index (χ3v) is 2.34. The zero-order chi connectivity index (χ0) is 12.5. The number of ether oxygens (including phenoxy) is 1. The minimum atomic E-state index is -0.463. The Morgan fingerprint density at radius 2 is 2.06 bits per heavy atom. The fourth-order valence-electron chi connectivity index (χ4n) is 1.39. The van der Waals surface area contributed by atoms with Crippen LogP contribution in [-0.4, -0.2) is 19.1 Å². The summed E-state index contributed by atoms with van der Waals surface area (Å²) < 4.78 is 5.17. The van der Waals surface area contributed by atoms with Gasteiger partial charge in [-0.2, -0.15) is 0 Å². The first kappa shape index (κ1) is 13.5. The summed E-state index contributed by atoms with van der Waals surface area (Å²) in [7, 11) is 0. The Labute approximate surface area is 102 Å². The molecule has 4 nitrogen and oxygen atoms in total. The van der Waals surface area contributed by atoms with Crippen LogP contribution >= 0.6 is 0 Å². The van der Waals surface area contributed by atoms with Crippen LogP contribution in [0.4, 0.5) is 0 Å². The molecule has 0 heterocycles. The molecule has 0 aliphatic carbocycles. The lowest BCUT2D eigenvalue weighted by Gasteiger charge is -2.06. The molecule has 94 valence electrons. The van der Waals surface area contributed by atoms with Crippen LogP contribution in [0.5, 0.6) is 5.75 Å². The van der Waals surface area contributed by atoms with Crippen LogP contribution in [0.2, 0.25) is 0 Å². The number of carbonyl (C=O) groups is 1. The van der Waals surface area contributed by atoms with Crippen molar-refractivity contribution in [3.63, 3.8) is 0 Å². The first-order valence-corrected chi connectivity index (χ1v) is 5.93. The van der Waals surface area contributed by atoms with Crippen molar-refractivity contribution in [2.45, 2.75) is 26.3 Å². The highest BCUT2D eigenvalue weighted by Gasteiger charge is 1.98. The van der Waals surface area contributed by atoms with Gasteiger partial charge in [-0.05, 0) is 30.7 Å². The highest BCUT2D eigenvalue weighted by atomic mass is 16.5. The molecule has 0 saturated carbocycles. The van der Waals surface area contributed by atoms with E-state index in [0.29, 0.717) is 5.75 Å². The van der Waals surface area contributed by atoms with E-state index in [2.05, 4.69) is 12.2 Å². The third kappa shape index (κ3) is 5.92. The maximum Gasteiger partial charge on any atom is 0.255 e. The molecule has 0 atom stereocenters. The van der Waals surface area contributed by atoms with Gasteiger partial charge in [-0.15, -0.1) is 0 Å². The number of amides is 1. The average Bonchev–Trinajstić information content (AvgIpc) is 2.33. The van der Waals surface area contributed by atoms with Crippen molar-refractivity contribution in [1.82, 2.24) is 5.32 Å². The second-order valence-corrected chi connectivity index (χ2v) is 3.93. The predicted octanol–water partition coefficient (Wildman–Crippen LogP) is 1.44. The van der Waals surface area contributed by atoms with Crippen LogP contribution in [0.1, 0.15) is 25.3 Å². The molecule has 0 aliphatic rings. The lowest BCUT2D eigenvalue weighted by atomic mass is 10.2. The van der Waals surface area contributed by atoms with Crippen molar-refractivity contribution >= 4 is 5.91 Å². The molecule has 1 rings (SSSR count). The third-order valence-electron chi connectivity index (χ3n) is 2.34. The summed E-state index contributed by atoms with van der Waals surface area (Å²) >= 11 is 0. The van der Waals surface area contributed by atoms with Crippen molar-refractivity contribution < 1.29 is 9.53 Å². The first-order chi connectivity index (χ1) is 8.22. The number of primary amides is 1. The molecule has 0 aliphatic heterocycles. The SMILES string of the molecule is CCCCNCc1ccc(OCC(N)=O)cc1. The van der Waals surface area contributed by atoms with Gasteiger partial charge in [0.2, 0.25) is 0 Å². The average molecular weight is 236 g/mol. The summed E-state index contributed by atoms with van der Waals surface area (Å²) in [4.78, 5) is 10.5. The molecule has 1 amide bonds. The molecule has 0 spiro atoms. The quantitative estimate of drug-likeness (QED) is 0.671. The van der Waals surface area contributed by atoms with E-state index in [1.165, 1.54) is 18.4 Å². The molecule has 1 aromatic carbocycles. The highest BCUT2D eigenvalue weighted by molar-refractivity contribution is 5.75. The van der Waals surface area contributed by atoms with Gasteiger partial charge >= 0.3 is 0 Å². The number of hydrogen-bond acceptors (Lipinski definition) is 3. The van der Waals surface area contributed by atoms with Crippen LogP contribution in [0, 0.1) is 0 Å². The number of unbranched alkanes of at least 4 members (excludes halogenated alkanes) is 1. The van der Waals surface area contributed by atoms with Gasteiger partial charge < -0.3 is 15.8 Å². The molecule has 0 radical (unpaired) electrons. The zero-order valence-electron chi connectivity index (χ0n) is 10.2. The van der Waals surface area contributed by atoms with E-state index in [-0.39, 0.29) is 6.61 Å². The van der Waals surface area contributed by atoms with Gasteiger partial charge in [-0.3, -0.25) is 4.79 Å². The highest BCUT2D eigenvalue weighted by Crippen LogP contribution is 2.11. The van der Waals surface area contributed by atoms with Gasteiger partial charge in [0, 0.05) is 6.54 Å². The van der Waals surface area contributed by atoms with Crippen molar-refractivity contribution in [3.05, 3.63) is 29.8 Å². The fourth-order valence-corrected chi connectivity index (χ4v) is 1.39. The monoisotopic (exact) mass is 236 g/mol. The Hall–Kier alpha value is -1.55. The summed E-state index contributed by atoms with van der Waals surface area (Å²) in [6.45, 7) is 3.99. The lowest BCUT2D eigenvalue weighted by Crippen LogP contribution is -2.20. The van der Waals surface area contributed by atoms with Crippen LogP contribution < -0.4 is 15.8 Å². The number of rotatable bonds is 8. The predicted molar refractivity (Wildman–Crippen MR) is 67.7 cm³/mol. The van der Waals surface area contributed by atoms with Crippen LogP contribution in [0.15, 0.2) is 24.3 Å². The molecule has 0 fully saturated rings. The maximum absolute atomic E-state index is 10.5. The van der Waals surface area contributed by atoms with E-state index < -0.39 is 5.91 Å². The number of benzene rings is 1. The largest absolute Gasteiger partial charge is 0.484 e. The van der Waals surface area contributed by atoms with Crippen molar-refractivity contribution in [3.8, 4) is 5.75 Å². The smallest absolute Gasteiger partial charge is 0.255 e. The van der Waals surface area contributed by atoms with E-state index in [4.69, 9.17) is 10.5 Å². The molecule has 0 unspecified atom stereocenters. The summed E-state index contributed by atoms with van der Waals surface area (Å²) in [6, 6.07) is 7.66. The Bertz CT molecular complexity index is 336. The summed E-state index contributed by atoms with van der Waals surface area (Å²) in [6.07, 6.45) is 2.40. The Morgan fingerprint density at radius 3 is 2.65 bits per heavy atom. The summed E-state index contributed by atoms with van der Waals surface area (Å²) in [5.74, 6) is 0.205. The molecular formula is C13H20N2O2. The van der Waals surface area contributed by atoms with E-state index in [1.807, 2.05) is 24.3 Å². The molecule has 0 saturated heterocycles. The Morgan fingerprint density at radius 1 is 1.35 bits per heavy atom. The number of hydrogen-bond donors (Lipinski definition) is 2. The van der Waals surface area contributed by atoms with Crippen molar-refractivity contribution in [2.24, 2.45) is 5.73 Å². The van der Waals surface area contributed by atoms with Gasteiger partial charge in [-0.1, -0.05) is 25.5 Å². The molecule has 0 aromatic heterocycles. The number of carbonyl (C=O) groups excluding carboxylic acids is 1. The topological polar surface area (TPSA) is 64.3 Å². The lowest BCUT2D eigenvalue weighted by molar-refractivity contribution is -0.119. The van der Waals surface area contributed by atoms with E-state index in [9.17, 15) is 4.79 Å². The second-order valence-electron chi connectivity index (χ2n) is 3.93. The normalized spacial score (nSPS) is 10.2. The van der Waals surface area contributed by atoms with Crippen LogP contribution in [-0.2, 0) is 11.3 Å². The molecular weight excluding hydrogens is 216 g/mol. The van der Waals surface area contributed by atoms with Gasteiger partial charge in [0.05, 0.1) is 0 Å². The van der Waals surface area contributed by atoms with E-state index in [0.717, 1.165) is 13.1 Å². The number of nitrogens with one attached hydrogen (secondary N) is 1. The Balaban J connectivity index is 2.31. The molecule has 17 heavy (non-hydrogen) atoms. The van der Waals surface area contributed by atoms with Gasteiger partial charge in [-0.25, -0.2) is 0 Å². The fraction of sp³-hybridized carbons (Fsp3) is 0.462. The van der Waals surface area contributed by atoms with E-state index >= 15 is 0 Å². The zero-order valence-corrected chi connectivity index (χ0v) is 10.2. The molecule has 3 N–H and O–H groups in total. The summed E-state index contributed by atoms with van der Waals surface area (Å²) in [5, 5.41) is 3.36. The van der Waals surface area contributed by atoms with Crippen LogP contribution in [0.3, 0.4) is 0 Å². The minimum absolute atomic E-state index is 0.0753. The number of nitrogens with two attached hydrogens (primary N) is 1. The van der Waals surface area contributed by atoms with Gasteiger partial charge in [0.15, 0.2) is 6.61 Å². The Kier molecular flexibility index (Phi) is 6.10. The second kappa shape index (κ2) is 7.68. The molecule has 4 heteroatoms. The molecule has 1 aromatic rings. The standard InChI is InChI=1S/C13H20N2O2/c1-2-3-8-15-9-11-4-6-12(7-5-11)17-10-13(14)16/h4-7,15H,2-3,8-10H2,1H3,(H2,14,16). The minimum Gasteiger partial charge on any atom is -0.484 e. The molecule has 0 bridgehead atoms.